The first-order valence-electron chi connectivity index (χ1n) is 7.38. The number of non-ortho nitro benzene ring substituents is 1. The van der Waals surface area contributed by atoms with Gasteiger partial charge >= 0.3 is 0 Å². The number of carbonyl (C=O) groups excluding carboxylic acids is 1. The SMILES string of the molecule is C[C@@H]1CNCCN1C(=O)c1ccn(-c2ccc([N+](=O)[O-])cc2)n1. The number of nitro groups is 1. The second-order valence-electron chi connectivity index (χ2n) is 5.47. The number of benzene rings is 1. The molecular weight excluding hydrogens is 298 g/mol. The van der Waals surface area contributed by atoms with Gasteiger partial charge in [0.2, 0.25) is 0 Å². The van der Waals surface area contributed by atoms with E-state index >= 15 is 0 Å². The lowest BCUT2D eigenvalue weighted by Gasteiger charge is -2.33. The first-order valence-corrected chi connectivity index (χ1v) is 7.38. The molecule has 8 heteroatoms. The van der Waals surface area contributed by atoms with Crippen LogP contribution in [0.1, 0.15) is 17.4 Å². The number of nitrogens with one attached hydrogen (secondary N) is 1. The summed E-state index contributed by atoms with van der Waals surface area (Å²) in [6.45, 7) is 4.20. The largest absolute Gasteiger partial charge is 0.332 e. The van der Waals surface area contributed by atoms with Crippen molar-refractivity contribution >= 4 is 11.6 Å². The van der Waals surface area contributed by atoms with Crippen LogP contribution in [0.15, 0.2) is 36.5 Å². The molecule has 23 heavy (non-hydrogen) atoms. The summed E-state index contributed by atoms with van der Waals surface area (Å²) >= 11 is 0. The monoisotopic (exact) mass is 315 g/mol. The molecule has 0 unspecified atom stereocenters. The topological polar surface area (TPSA) is 93.3 Å². The predicted octanol–water partition coefficient (Wildman–Crippen LogP) is 1.21. The van der Waals surface area contributed by atoms with E-state index in [9.17, 15) is 14.9 Å². The molecule has 2 heterocycles. The molecule has 1 aliphatic heterocycles. The molecule has 3 rings (SSSR count). The van der Waals surface area contributed by atoms with Crippen LogP contribution in [0.4, 0.5) is 5.69 Å². The third kappa shape index (κ3) is 3.07. The number of nitrogens with zero attached hydrogens (tertiary/aromatic N) is 4. The zero-order valence-corrected chi connectivity index (χ0v) is 12.7. The first kappa shape index (κ1) is 15.2. The number of amides is 1. The van der Waals surface area contributed by atoms with Gasteiger partial charge in [0.25, 0.3) is 11.6 Å². The number of hydrogen-bond acceptors (Lipinski definition) is 5. The standard InChI is InChI=1S/C15H17N5O3/c1-11-10-16-7-9-18(11)15(21)14-6-8-19(17-14)12-2-4-13(5-3-12)20(22)23/h2-6,8,11,16H,7,9-10H2,1H3/t11-/m1/s1. The predicted molar refractivity (Wildman–Crippen MR) is 83.6 cm³/mol. The minimum atomic E-state index is -0.451. The Hall–Kier alpha value is -2.74. The summed E-state index contributed by atoms with van der Waals surface area (Å²) in [7, 11) is 0. The van der Waals surface area contributed by atoms with Crippen LogP contribution in [0.25, 0.3) is 5.69 Å². The van der Waals surface area contributed by atoms with E-state index < -0.39 is 4.92 Å². The second kappa shape index (κ2) is 6.17. The molecule has 0 spiro atoms. The maximum Gasteiger partial charge on any atom is 0.274 e. The van der Waals surface area contributed by atoms with Crippen LogP contribution in [0, 0.1) is 10.1 Å². The van der Waals surface area contributed by atoms with E-state index in [4.69, 9.17) is 0 Å². The van der Waals surface area contributed by atoms with Gasteiger partial charge in [0.1, 0.15) is 0 Å². The summed E-state index contributed by atoms with van der Waals surface area (Å²) in [5.74, 6) is -0.0975. The van der Waals surface area contributed by atoms with E-state index in [0.29, 0.717) is 17.9 Å². The highest BCUT2D eigenvalue weighted by atomic mass is 16.6. The minimum Gasteiger partial charge on any atom is -0.332 e. The van der Waals surface area contributed by atoms with E-state index in [1.807, 2.05) is 6.92 Å². The molecule has 120 valence electrons. The van der Waals surface area contributed by atoms with Crippen LogP contribution < -0.4 is 5.32 Å². The van der Waals surface area contributed by atoms with Crippen LogP contribution >= 0.6 is 0 Å². The van der Waals surface area contributed by atoms with Crippen molar-refractivity contribution in [1.82, 2.24) is 20.0 Å². The first-order chi connectivity index (χ1) is 11.1. The Morgan fingerprint density at radius 3 is 2.74 bits per heavy atom. The third-order valence-corrected chi connectivity index (χ3v) is 3.90. The maximum absolute atomic E-state index is 12.5. The van der Waals surface area contributed by atoms with Crippen LogP contribution in [-0.2, 0) is 0 Å². The van der Waals surface area contributed by atoms with Crippen LogP contribution in [0.3, 0.4) is 0 Å². The Labute approximate surface area is 132 Å². The zero-order chi connectivity index (χ0) is 16.4. The van der Waals surface area contributed by atoms with Gasteiger partial charge in [0.05, 0.1) is 10.6 Å². The lowest BCUT2D eigenvalue weighted by Crippen LogP contribution is -2.52. The van der Waals surface area contributed by atoms with Gasteiger partial charge < -0.3 is 10.2 Å². The highest BCUT2D eigenvalue weighted by Crippen LogP contribution is 2.16. The Kier molecular flexibility index (Phi) is 4.07. The number of hydrogen-bond donors (Lipinski definition) is 1. The normalized spacial score (nSPS) is 18.0. The molecule has 1 aromatic heterocycles. The summed E-state index contributed by atoms with van der Waals surface area (Å²) in [4.78, 5) is 24.6. The summed E-state index contributed by atoms with van der Waals surface area (Å²) in [5, 5.41) is 18.2. The highest BCUT2D eigenvalue weighted by molar-refractivity contribution is 5.92. The van der Waals surface area contributed by atoms with Crippen LogP contribution in [0.5, 0.6) is 0 Å². The van der Waals surface area contributed by atoms with E-state index in [2.05, 4.69) is 10.4 Å². The lowest BCUT2D eigenvalue weighted by molar-refractivity contribution is -0.384. The van der Waals surface area contributed by atoms with Crippen molar-refractivity contribution in [2.24, 2.45) is 0 Å². The molecule has 1 saturated heterocycles. The van der Waals surface area contributed by atoms with Gasteiger partial charge in [0.15, 0.2) is 5.69 Å². The van der Waals surface area contributed by atoms with Gasteiger partial charge in [-0.2, -0.15) is 5.10 Å². The molecule has 2 aromatic rings. The van der Waals surface area contributed by atoms with Crippen molar-refractivity contribution in [3.8, 4) is 5.69 Å². The smallest absolute Gasteiger partial charge is 0.274 e. The third-order valence-electron chi connectivity index (χ3n) is 3.90. The van der Waals surface area contributed by atoms with E-state index in [1.54, 1.807) is 34.0 Å². The average Bonchev–Trinajstić information content (AvgIpc) is 3.05. The molecule has 1 atom stereocenters. The molecule has 1 fully saturated rings. The van der Waals surface area contributed by atoms with Crippen molar-refractivity contribution in [2.75, 3.05) is 19.6 Å². The number of piperazine rings is 1. The molecule has 1 aliphatic rings. The number of rotatable bonds is 3. The van der Waals surface area contributed by atoms with Crippen molar-refractivity contribution in [3.63, 3.8) is 0 Å². The van der Waals surface area contributed by atoms with Crippen LogP contribution in [-0.4, -0.2) is 51.2 Å². The van der Waals surface area contributed by atoms with E-state index in [-0.39, 0.29) is 17.6 Å². The summed E-state index contributed by atoms with van der Waals surface area (Å²) in [5.41, 5.74) is 1.06. The fourth-order valence-electron chi connectivity index (χ4n) is 2.60. The summed E-state index contributed by atoms with van der Waals surface area (Å²) < 4.78 is 1.55. The molecule has 0 aliphatic carbocycles. The second-order valence-corrected chi connectivity index (χ2v) is 5.47. The average molecular weight is 315 g/mol. The van der Waals surface area contributed by atoms with Gasteiger partial charge in [-0.05, 0) is 25.1 Å². The minimum absolute atomic E-state index is 0.0202. The zero-order valence-electron chi connectivity index (χ0n) is 12.7. The summed E-state index contributed by atoms with van der Waals surface area (Å²) in [6.07, 6.45) is 1.68. The molecule has 0 bridgehead atoms. The fourth-order valence-corrected chi connectivity index (χ4v) is 2.60. The number of aromatic nitrogens is 2. The molecule has 1 amide bonds. The Balaban J connectivity index is 1.79. The van der Waals surface area contributed by atoms with Gasteiger partial charge in [-0.25, -0.2) is 4.68 Å². The summed E-state index contributed by atoms with van der Waals surface area (Å²) in [6, 6.07) is 7.83. The maximum atomic E-state index is 12.5. The quantitative estimate of drug-likeness (QED) is 0.679. The van der Waals surface area contributed by atoms with E-state index in [0.717, 1.165) is 13.1 Å². The van der Waals surface area contributed by atoms with Gasteiger partial charge in [-0.3, -0.25) is 14.9 Å². The molecular formula is C15H17N5O3. The molecule has 0 radical (unpaired) electrons. The molecule has 8 nitrogen and oxygen atoms in total. The molecule has 0 saturated carbocycles. The van der Waals surface area contributed by atoms with E-state index in [1.165, 1.54) is 12.1 Å². The Morgan fingerprint density at radius 2 is 2.09 bits per heavy atom. The molecule has 1 aromatic carbocycles. The van der Waals surface area contributed by atoms with Crippen molar-refractivity contribution in [3.05, 3.63) is 52.3 Å². The fraction of sp³-hybridized carbons (Fsp3) is 0.333. The lowest BCUT2D eigenvalue weighted by atomic mass is 10.2. The number of nitro benzene ring substituents is 1. The van der Waals surface area contributed by atoms with Gasteiger partial charge in [0, 0.05) is 44.0 Å². The van der Waals surface area contributed by atoms with Crippen molar-refractivity contribution in [1.29, 1.82) is 0 Å². The molecule has 1 N–H and O–H groups in total. The van der Waals surface area contributed by atoms with Crippen molar-refractivity contribution in [2.45, 2.75) is 13.0 Å². The van der Waals surface area contributed by atoms with Crippen LogP contribution in [0.2, 0.25) is 0 Å². The number of carbonyl (C=O) groups is 1. The van der Waals surface area contributed by atoms with Crippen molar-refractivity contribution < 1.29 is 9.72 Å². The Morgan fingerprint density at radius 1 is 1.35 bits per heavy atom. The Bertz CT molecular complexity index is 725. The highest BCUT2D eigenvalue weighted by Gasteiger charge is 2.25. The van der Waals surface area contributed by atoms with Gasteiger partial charge in [-0.15, -0.1) is 0 Å². The van der Waals surface area contributed by atoms with Gasteiger partial charge in [-0.1, -0.05) is 0 Å².